The predicted molar refractivity (Wildman–Crippen MR) is 111 cm³/mol. The Bertz CT molecular complexity index is 1230. The molecular formula is C23H21F2N5. The van der Waals surface area contributed by atoms with E-state index < -0.39 is 6.43 Å². The molecule has 7 heteroatoms. The molecule has 0 saturated heterocycles. The summed E-state index contributed by atoms with van der Waals surface area (Å²) in [6.07, 6.45) is 2.34. The Morgan fingerprint density at radius 3 is 2.60 bits per heavy atom. The number of alkyl halides is 2. The summed E-state index contributed by atoms with van der Waals surface area (Å²) in [5.41, 5.74) is 4.61. The number of hydrogen-bond donors (Lipinski definition) is 0. The highest BCUT2D eigenvalue weighted by Crippen LogP contribution is 2.25. The van der Waals surface area contributed by atoms with Gasteiger partial charge in [0, 0.05) is 30.1 Å². The minimum Gasteiger partial charge on any atom is -0.308 e. The van der Waals surface area contributed by atoms with Crippen LogP contribution < -0.4 is 0 Å². The normalized spacial score (nSPS) is 11.3. The highest BCUT2D eigenvalue weighted by atomic mass is 19.3. The molecule has 0 saturated carbocycles. The highest BCUT2D eigenvalue weighted by molar-refractivity contribution is 5.75. The van der Waals surface area contributed by atoms with E-state index in [2.05, 4.69) is 16.5 Å². The van der Waals surface area contributed by atoms with Gasteiger partial charge in [-0.3, -0.25) is 0 Å². The van der Waals surface area contributed by atoms with Crippen LogP contribution in [0.5, 0.6) is 0 Å². The second-order valence-electron chi connectivity index (χ2n) is 7.27. The van der Waals surface area contributed by atoms with Crippen LogP contribution in [0, 0.1) is 18.3 Å². The molecule has 0 unspecified atom stereocenters. The molecule has 0 atom stereocenters. The zero-order valence-electron chi connectivity index (χ0n) is 16.8. The largest absolute Gasteiger partial charge is 0.308 e. The molecular weight excluding hydrogens is 384 g/mol. The third-order valence-corrected chi connectivity index (χ3v) is 5.15. The van der Waals surface area contributed by atoms with E-state index >= 15 is 0 Å². The summed E-state index contributed by atoms with van der Waals surface area (Å²) in [5, 5.41) is 9.27. The Morgan fingerprint density at radius 1 is 1.17 bits per heavy atom. The minimum atomic E-state index is -2.61. The third kappa shape index (κ3) is 3.57. The van der Waals surface area contributed by atoms with Gasteiger partial charge in [-0.25, -0.2) is 18.7 Å². The molecule has 4 aromatic rings. The number of fused-ring (bicyclic) bond motifs is 1. The van der Waals surface area contributed by atoms with Gasteiger partial charge in [-0.1, -0.05) is 19.1 Å². The maximum Gasteiger partial charge on any atom is 0.265 e. The maximum atomic E-state index is 13.0. The zero-order valence-corrected chi connectivity index (χ0v) is 16.8. The number of aromatic nitrogens is 4. The van der Waals surface area contributed by atoms with Crippen molar-refractivity contribution >= 4 is 11.2 Å². The van der Waals surface area contributed by atoms with E-state index in [9.17, 15) is 14.0 Å². The summed E-state index contributed by atoms with van der Waals surface area (Å²) in [6, 6.07) is 12.7. The summed E-state index contributed by atoms with van der Waals surface area (Å²) < 4.78 is 29.6. The van der Waals surface area contributed by atoms with E-state index in [1.165, 1.54) is 16.8 Å². The van der Waals surface area contributed by atoms with Crippen LogP contribution in [0.2, 0.25) is 0 Å². The van der Waals surface area contributed by atoms with Gasteiger partial charge in [-0.15, -0.1) is 0 Å². The van der Waals surface area contributed by atoms with Gasteiger partial charge in [0.05, 0.1) is 6.54 Å². The first-order chi connectivity index (χ1) is 14.5. The summed E-state index contributed by atoms with van der Waals surface area (Å²) >= 11 is 0. The van der Waals surface area contributed by atoms with Crippen molar-refractivity contribution in [2.24, 2.45) is 0 Å². The Balaban J connectivity index is 1.68. The lowest BCUT2D eigenvalue weighted by Gasteiger charge is -2.10. The molecule has 5 nitrogen and oxygen atoms in total. The van der Waals surface area contributed by atoms with E-state index in [1.807, 2.05) is 43.3 Å². The average molecular weight is 405 g/mol. The lowest BCUT2D eigenvalue weighted by atomic mass is 10.2. The molecule has 0 bridgehead atoms. The van der Waals surface area contributed by atoms with Crippen LogP contribution in [0.15, 0.2) is 48.8 Å². The number of halogens is 2. The quantitative estimate of drug-likeness (QED) is 0.435. The van der Waals surface area contributed by atoms with Crippen LogP contribution >= 0.6 is 0 Å². The second kappa shape index (κ2) is 8.07. The monoisotopic (exact) mass is 405 g/mol. The first kappa shape index (κ1) is 19.8. The molecule has 3 aromatic heterocycles. The molecule has 0 aliphatic heterocycles. The first-order valence-corrected chi connectivity index (χ1v) is 9.82. The van der Waals surface area contributed by atoms with Gasteiger partial charge in [0.1, 0.15) is 23.1 Å². The van der Waals surface area contributed by atoms with Crippen LogP contribution in [0.3, 0.4) is 0 Å². The fourth-order valence-electron chi connectivity index (χ4n) is 3.61. The molecule has 0 amide bonds. The van der Waals surface area contributed by atoms with Gasteiger partial charge < -0.3 is 9.13 Å². The SMILES string of the molecule is CCCc1nc2c(C)ccnc2n1Cc1ccc(-n2cc(C(F)F)cc2C#N)cc1. The number of aryl methyl sites for hydroxylation is 2. The topological polar surface area (TPSA) is 59.4 Å². The van der Waals surface area contributed by atoms with E-state index in [-0.39, 0.29) is 11.3 Å². The number of nitrogens with zero attached hydrogens (tertiary/aromatic N) is 5. The molecule has 4 rings (SSSR count). The van der Waals surface area contributed by atoms with E-state index in [0.29, 0.717) is 12.2 Å². The molecule has 0 radical (unpaired) electrons. The summed E-state index contributed by atoms with van der Waals surface area (Å²) in [6.45, 7) is 4.77. The third-order valence-electron chi connectivity index (χ3n) is 5.15. The number of nitriles is 1. The van der Waals surface area contributed by atoms with Crippen molar-refractivity contribution in [3.8, 4) is 11.8 Å². The van der Waals surface area contributed by atoms with Crippen LogP contribution in [0.25, 0.3) is 16.9 Å². The summed E-state index contributed by atoms with van der Waals surface area (Å²) in [4.78, 5) is 9.33. The molecule has 0 N–H and O–H groups in total. The van der Waals surface area contributed by atoms with Gasteiger partial charge in [-0.2, -0.15) is 5.26 Å². The summed E-state index contributed by atoms with van der Waals surface area (Å²) in [5.74, 6) is 0.997. The lowest BCUT2D eigenvalue weighted by Crippen LogP contribution is -2.06. The Hall–Kier alpha value is -3.53. The number of pyridine rings is 1. The molecule has 152 valence electrons. The molecule has 0 aliphatic carbocycles. The van der Waals surface area contributed by atoms with E-state index in [0.717, 1.165) is 41.0 Å². The van der Waals surface area contributed by atoms with Crippen molar-refractivity contribution in [2.45, 2.75) is 39.7 Å². The Labute approximate surface area is 173 Å². The van der Waals surface area contributed by atoms with Gasteiger partial charge >= 0.3 is 0 Å². The maximum absolute atomic E-state index is 13.0. The van der Waals surface area contributed by atoms with Crippen molar-refractivity contribution in [1.82, 2.24) is 19.1 Å². The van der Waals surface area contributed by atoms with Crippen molar-refractivity contribution in [1.29, 1.82) is 5.26 Å². The van der Waals surface area contributed by atoms with Gasteiger partial charge in [0.2, 0.25) is 0 Å². The molecule has 0 aliphatic rings. The van der Waals surface area contributed by atoms with Crippen molar-refractivity contribution < 1.29 is 8.78 Å². The lowest BCUT2D eigenvalue weighted by molar-refractivity contribution is 0.151. The number of hydrogen-bond acceptors (Lipinski definition) is 3. The Kier molecular flexibility index (Phi) is 5.32. The Morgan fingerprint density at radius 2 is 1.93 bits per heavy atom. The molecule has 3 heterocycles. The fraction of sp³-hybridized carbons (Fsp3) is 0.261. The highest BCUT2D eigenvalue weighted by Gasteiger charge is 2.15. The number of benzene rings is 1. The van der Waals surface area contributed by atoms with Crippen LogP contribution in [0.4, 0.5) is 8.78 Å². The molecule has 30 heavy (non-hydrogen) atoms. The van der Waals surface area contributed by atoms with Crippen molar-refractivity contribution in [2.75, 3.05) is 0 Å². The summed E-state index contributed by atoms with van der Waals surface area (Å²) in [7, 11) is 0. The van der Waals surface area contributed by atoms with Gasteiger partial charge in [0.25, 0.3) is 6.43 Å². The molecule has 0 fully saturated rings. The zero-order chi connectivity index (χ0) is 21.3. The van der Waals surface area contributed by atoms with Crippen LogP contribution in [-0.4, -0.2) is 19.1 Å². The van der Waals surface area contributed by atoms with Gasteiger partial charge in [-0.05, 0) is 48.7 Å². The van der Waals surface area contributed by atoms with Crippen LogP contribution in [-0.2, 0) is 13.0 Å². The van der Waals surface area contributed by atoms with E-state index in [4.69, 9.17) is 4.98 Å². The fourth-order valence-corrected chi connectivity index (χ4v) is 3.61. The average Bonchev–Trinajstić information content (AvgIpc) is 3.32. The first-order valence-electron chi connectivity index (χ1n) is 9.82. The van der Waals surface area contributed by atoms with Gasteiger partial charge in [0.15, 0.2) is 5.65 Å². The second-order valence-corrected chi connectivity index (χ2v) is 7.27. The molecule has 0 spiro atoms. The number of imidazole rings is 1. The smallest absolute Gasteiger partial charge is 0.265 e. The minimum absolute atomic E-state index is 0.161. The van der Waals surface area contributed by atoms with Crippen molar-refractivity contribution in [3.63, 3.8) is 0 Å². The molecule has 1 aromatic carbocycles. The van der Waals surface area contributed by atoms with E-state index in [1.54, 1.807) is 6.20 Å². The van der Waals surface area contributed by atoms with Crippen molar-refractivity contribution in [3.05, 3.63) is 77.0 Å². The van der Waals surface area contributed by atoms with Crippen LogP contribution in [0.1, 0.15) is 48.0 Å². The standard InChI is InChI=1S/C23H21F2N5/c1-3-4-20-28-21-15(2)9-10-27-23(21)30(20)13-16-5-7-18(8-6-16)29-14-17(22(24)25)11-19(29)12-26/h5-11,14,22H,3-4,13H2,1-2H3. The number of rotatable bonds is 6. The predicted octanol–water partition coefficient (Wildman–Crippen LogP) is 5.34.